The van der Waals surface area contributed by atoms with E-state index in [1.807, 2.05) is 12.2 Å². The molecule has 0 saturated heterocycles. The van der Waals surface area contributed by atoms with Crippen LogP contribution >= 0.6 is 19.2 Å². The third kappa shape index (κ3) is 6.94. The Morgan fingerprint density at radius 1 is 0.805 bits per heavy atom. The Balaban J connectivity index is 1.43. The standard InChI is InChI=1S/C30H29ClN3O6P/c31-26-11-9-24(10-12-26)30(37)33-19-25-8-3-21(13-16-41(38,39)40)17-27(25)34(28(35)20-33)18-22-4-6-23(7-5-22)29(36)32-14-1-2-15-32/h1-12,17H,13-16,18-20H2,(H2,38,39,40)/p-2. The number of anilines is 1. The van der Waals surface area contributed by atoms with Crippen molar-refractivity contribution in [2.45, 2.75) is 19.5 Å². The molecular weight excluding hydrogens is 565 g/mol. The maximum atomic E-state index is 13.7. The van der Waals surface area contributed by atoms with Crippen molar-refractivity contribution in [1.29, 1.82) is 0 Å². The van der Waals surface area contributed by atoms with E-state index in [2.05, 4.69) is 0 Å². The summed E-state index contributed by atoms with van der Waals surface area (Å²) < 4.78 is 11.3. The summed E-state index contributed by atoms with van der Waals surface area (Å²) in [6.45, 7) is 1.28. The smallest absolute Gasteiger partial charge is 0.254 e. The van der Waals surface area contributed by atoms with Crippen LogP contribution in [0.1, 0.15) is 37.4 Å². The molecule has 0 fully saturated rings. The van der Waals surface area contributed by atoms with Crippen LogP contribution in [0.25, 0.3) is 0 Å². The molecular formula is C30H27ClN3O6P-2. The highest BCUT2D eigenvalue weighted by molar-refractivity contribution is 7.48. The van der Waals surface area contributed by atoms with E-state index in [0.29, 0.717) is 46.1 Å². The zero-order chi connectivity index (χ0) is 29.1. The average Bonchev–Trinajstić information content (AvgIpc) is 3.45. The number of fused-ring (bicyclic) bond motifs is 1. The first-order valence-corrected chi connectivity index (χ1v) is 15.2. The second-order valence-electron chi connectivity index (χ2n) is 10.1. The molecule has 0 aliphatic carbocycles. The number of nitrogens with zero attached hydrogens (tertiary/aromatic N) is 3. The van der Waals surface area contributed by atoms with Crippen molar-refractivity contribution < 1.29 is 28.7 Å². The Kier molecular flexibility index (Phi) is 8.42. The molecule has 41 heavy (non-hydrogen) atoms. The van der Waals surface area contributed by atoms with E-state index in [-0.39, 0.29) is 43.8 Å². The molecule has 3 aromatic rings. The number of rotatable bonds is 7. The van der Waals surface area contributed by atoms with E-state index >= 15 is 0 Å². The monoisotopic (exact) mass is 591 g/mol. The highest BCUT2D eigenvalue weighted by atomic mass is 35.5. The number of hydrogen-bond donors (Lipinski definition) is 0. The molecule has 2 heterocycles. The largest absolute Gasteiger partial charge is 0.811 e. The highest BCUT2D eigenvalue weighted by Gasteiger charge is 2.30. The normalized spacial score (nSPS) is 15.2. The van der Waals surface area contributed by atoms with Crippen molar-refractivity contribution in [3.8, 4) is 0 Å². The molecule has 0 atom stereocenters. The lowest BCUT2D eigenvalue weighted by Gasteiger charge is -2.29. The van der Waals surface area contributed by atoms with Gasteiger partial charge in [0.05, 0.1) is 6.54 Å². The van der Waals surface area contributed by atoms with Gasteiger partial charge in [-0.3, -0.25) is 14.4 Å². The predicted octanol–water partition coefficient (Wildman–Crippen LogP) is 3.00. The Hall–Kier alpha value is -3.75. The van der Waals surface area contributed by atoms with Crippen LogP contribution in [0.3, 0.4) is 0 Å². The van der Waals surface area contributed by atoms with Gasteiger partial charge < -0.3 is 29.1 Å². The molecule has 5 rings (SSSR count). The predicted molar refractivity (Wildman–Crippen MR) is 151 cm³/mol. The molecule has 3 amide bonds. The van der Waals surface area contributed by atoms with E-state index in [0.717, 1.165) is 5.56 Å². The van der Waals surface area contributed by atoms with Crippen LogP contribution < -0.4 is 14.7 Å². The average molecular weight is 592 g/mol. The molecule has 212 valence electrons. The van der Waals surface area contributed by atoms with E-state index in [1.165, 1.54) is 4.90 Å². The number of carbonyl (C=O) groups excluding carboxylic acids is 3. The quantitative estimate of drug-likeness (QED) is 0.307. The Bertz CT molecular complexity index is 1540. The molecule has 0 bridgehead atoms. The maximum Gasteiger partial charge on any atom is 0.254 e. The summed E-state index contributed by atoms with van der Waals surface area (Å²) in [7, 11) is -4.71. The first kappa shape index (κ1) is 28.8. The Labute approximate surface area is 242 Å². The number of benzene rings is 3. The number of aryl methyl sites for hydroxylation is 1. The number of carbonyl (C=O) groups is 3. The first-order chi connectivity index (χ1) is 19.6. The molecule has 11 heteroatoms. The SMILES string of the molecule is O=C(c1ccc(CN2C(=O)CN(C(=O)c3ccc(Cl)cc3)Cc3ccc(CCP(=O)([O-])[O-])cc32)cc1)N1CC=CC1. The minimum absolute atomic E-state index is 0.00910. The van der Waals surface area contributed by atoms with E-state index < -0.39 is 13.8 Å². The van der Waals surface area contributed by atoms with Crippen molar-refractivity contribution in [1.82, 2.24) is 9.80 Å². The maximum absolute atomic E-state index is 13.7. The van der Waals surface area contributed by atoms with Gasteiger partial charge in [0.1, 0.15) is 6.54 Å². The summed E-state index contributed by atoms with van der Waals surface area (Å²) >= 11 is 5.98. The molecule has 0 saturated carbocycles. The summed E-state index contributed by atoms with van der Waals surface area (Å²) in [5.41, 5.74) is 3.53. The Morgan fingerprint density at radius 3 is 2.02 bits per heavy atom. The first-order valence-electron chi connectivity index (χ1n) is 13.1. The van der Waals surface area contributed by atoms with Crippen molar-refractivity contribution in [2.24, 2.45) is 0 Å². The Morgan fingerprint density at radius 2 is 1.39 bits per heavy atom. The lowest BCUT2D eigenvalue weighted by Crippen LogP contribution is -2.39. The molecule has 0 aromatic heterocycles. The van der Waals surface area contributed by atoms with Crippen LogP contribution in [0.2, 0.25) is 5.02 Å². The van der Waals surface area contributed by atoms with Gasteiger partial charge in [-0.2, -0.15) is 0 Å². The van der Waals surface area contributed by atoms with Crippen LogP contribution in [0.5, 0.6) is 0 Å². The number of halogens is 1. The summed E-state index contributed by atoms with van der Waals surface area (Å²) in [5, 5.41) is 0.489. The van der Waals surface area contributed by atoms with Crippen molar-refractivity contribution >= 4 is 42.6 Å². The fraction of sp³-hybridized carbons (Fsp3) is 0.233. The third-order valence-corrected chi connectivity index (χ3v) is 8.15. The molecule has 0 unspecified atom stereocenters. The van der Waals surface area contributed by atoms with Crippen LogP contribution in [0.4, 0.5) is 5.69 Å². The lowest BCUT2D eigenvalue weighted by molar-refractivity contribution is -0.313. The van der Waals surface area contributed by atoms with Gasteiger partial charge >= 0.3 is 0 Å². The van der Waals surface area contributed by atoms with Gasteiger partial charge in [0.2, 0.25) is 5.91 Å². The highest BCUT2D eigenvalue weighted by Crippen LogP contribution is 2.31. The summed E-state index contributed by atoms with van der Waals surface area (Å²) in [6.07, 6.45) is 3.35. The second kappa shape index (κ2) is 12.0. The van der Waals surface area contributed by atoms with Crippen LogP contribution in [-0.4, -0.2) is 53.3 Å². The van der Waals surface area contributed by atoms with Gasteiger partial charge in [0.25, 0.3) is 11.8 Å². The van der Waals surface area contributed by atoms with E-state index in [1.54, 1.807) is 76.5 Å². The third-order valence-electron chi connectivity index (χ3n) is 7.13. The lowest BCUT2D eigenvalue weighted by atomic mass is 10.0. The van der Waals surface area contributed by atoms with Crippen LogP contribution in [-0.2, 0) is 28.9 Å². The van der Waals surface area contributed by atoms with Crippen molar-refractivity contribution in [3.05, 3.63) is 112 Å². The van der Waals surface area contributed by atoms with Gasteiger partial charge in [0.15, 0.2) is 0 Å². The minimum Gasteiger partial charge on any atom is -0.811 e. The molecule has 9 nitrogen and oxygen atoms in total. The van der Waals surface area contributed by atoms with Crippen LogP contribution in [0, 0.1) is 0 Å². The number of hydrogen-bond acceptors (Lipinski definition) is 6. The fourth-order valence-corrected chi connectivity index (χ4v) is 5.57. The molecule has 0 spiro atoms. The van der Waals surface area contributed by atoms with Crippen molar-refractivity contribution in [2.75, 3.05) is 30.7 Å². The topological polar surface area (TPSA) is 124 Å². The van der Waals surface area contributed by atoms with E-state index in [4.69, 9.17) is 11.6 Å². The molecule has 2 aliphatic heterocycles. The number of amides is 3. The van der Waals surface area contributed by atoms with Gasteiger partial charge in [-0.25, -0.2) is 0 Å². The van der Waals surface area contributed by atoms with Gasteiger partial charge in [-0.15, -0.1) is 0 Å². The van der Waals surface area contributed by atoms with Crippen molar-refractivity contribution in [3.63, 3.8) is 0 Å². The minimum atomic E-state index is -4.71. The second-order valence-corrected chi connectivity index (χ2v) is 12.2. The molecule has 0 radical (unpaired) electrons. The zero-order valence-electron chi connectivity index (χ0n) is 22.1. The van der Waals surface area contributed by atoms with E-state index in [9.17, 15) is 28.7 Å². The molecule has 2 aliphatic rings. The summed E-state index contributed by atoms with van der Waals surface area (Å²) in [6, 6.07) is 18.6. The zero-order valence-corrected chi connectivity index (χ0v) is 23.7. The van der Waals surface area contributed by atoms with Gasteiger partial charge in [-0.1, -0.05) is 55.6 Å². The molecule has 3 aromatic carbocycles. The summed E-state index contributed by atoms with van der Waals surface area (Å²) in [5.74, 6) is -0.734. The van der Waals surface area contributed by atoms with Gasteiger partial charge in [-0.05, 0) is 71.7 Å². The summed E-state index contributed by atoms with van der Waals surface area (Å²) in [4.78, 5) is 67.0. The van der Waals surface area contributed by atoms with Crippen LogP contribution in [0.15, 0.2) is 78.9 Å². The fourth-order valence-electron chi connectivity index (χ4n) is 4.91. The molecule has 0 N–H and O–H groups in total. The van der Waals surface area contributed by atoms with Gasteiger partial charge in [0, 0.05) is 41.5 Å².